The van der Waals surface area contributed by atoms with Gasteiger partial charge in [0.25, 0.3) is 5.56 Å². The van der Waals surface area contributed by atoms with Crippen LogP contribution in [0.5, 0.6) is 0 Å². The Hall–Kier alpha value is -4.07. The standard InChI is InChI=1S/C24H23N7O/c1-14(2)16-8-4-5-10-18(16)31-19(29-17-9-6-7-15(3)20(17)24(31)32)11-30-13-28-22(25)21-23(30)27-12-26-21/h4-10,12-14,25H,11H2,1-3H3,(H,26,27). The lowest BCUT2D eigenvalue weighted by Gasteiger charge is -2.19. The third-order valence-corrected chi connectivity index (χ3v) is 5.74. The zero-order chi connectivity index (χ0) is 22.4. The van der Waals surface area contributed by atoms with Crippen molar-refractivity contribution in [3.05, 3.63) is 87.9 Å². The molecule has 0 spiro atoms. The molecule has 5 aromatic rings. The molecule has 0 aliphatic heterocycles. The van der Waals surface area contributed by atoms with E-state index in [1.54, 1.807) is 17.2 Å². The van der Waals surface area contributed by atoms with E-state index in [0.717, 1.165) is 16.8 Å². The molecule has 0 saturated heterocycles. The first kappa shape index (κ1) is 19.9. The van der Waals surface area contributed by atoms with Crippen LogP contribution in [0.25, 0.3) is 27.8 Å². The van der Waals surface area contributed by atoms with Crippen LogP contribution in [0.4, 0.5) is 0 Å². The minimum absolute atomic E-state index is 0.0971. The number of hydrogen-bond donors (Lipinski definition) is 2. The van der Waals surface area contributed by atoms with Crippen molar-refractivity contribution in [3.8, 4) is 5.69 Å². The largest absolute Gasteiger partial charge is 0.340 e. The summed E-state index contributed by atoms with van der Waals surface area (Å²) in [6.45, 7) is 6.44. The molecular weight excluding hydrogens is 402 g/mol. The Morgan fingerprint density at radius 3 is 2.72 bits per heavy atom. The van der Waals surface area contributed by atoms with Crippen molar-refractivity contribution < 1.29 is 0 Å². The van der Waals surface area contributed by atoms with Crippen LogP contribution in [0.2, 0.25) is 0 Å². The van der Waals surface area contributed by atoms with E-state index in [2.05, 4.69) is 28.8 Å². The lowest BCUT2D eigenvalue weighted by atomic mass is 10.0. The first-order chi connectivity index (χ1) is 15.5. The van der Waals surface area contributed by atoms with Crippen LogP contribution >= 0.6 is 0 Å². The monoisotopic (exact) mass is 425 g/mol. The number of nitrogens with zero attached hydrogens (tertiary/aromatic N) is 5. The number of benzene rings is 2. The van der Waals surface area contributed by atoms with Crippen molar-refractivity contribution in [1.82, 2.24) is 29.1 Å². The first-order valence-corrected chi connectivity index (χ1v) is 10.5. The van der Waals surface area contributed by atoms with Crippen molar-refractivity contribution in [2.24, 2.45) is 0 Å². The third kappa shape index (κ3) is 3.11. The summed E-state index contributed by atoms with van der Waals surface area (Å²) < 4.78 is 3.52. The van der Waals surface area contributed by atoms with E-state index in [-0.39, 0.29) is 23.5 Å². The maximum Gasteiger partial charge on any atom is 0.266 e. The van der Waals surface area contributed by atoms with Crippen LogP contribution in [0.1, 0.15) is 36.7 Å². The van der Waals surface area contributed by atoms with Crippen LogP contribution < -0.4 is 11.0 Å². The summed E-state index contributed by atoms with van der Waals surface area (Å²) in [6.07, 6.45) is 3.11. The maximum atomic E-state index is 13.8. The average Bonchev–Trinajstić information content (AvgIpc) is 3.27. The molecule has 0 aliphatic rings. The lowest BCUT2D eigenvalue weighted by Crippen LogP contribution is -2.27. The molecule has 160 valence electrons. The second kappa shape index (κ2) is 7.56. The van der Waals surface area contributed by atoms with Crippen LogP contribution in [0.15, 0.2) is 59.9 Å². The molecule has 0 saturated carbocycles. The Bertz CT molecular complexity index is 1590. The van der Waals surface area contributed by atoms with E-state index >= 15 is 0 Å². The van der Waals surface area contributed by atoms with E-state index in [9.17, 15) is 4.79 Å². The third-order valence-electron chi connectivity index (χ3n) is 5.74. The van der Waals surface area contributed by atoms with Gasteiger partial charge in [-0.15, -0.1) is 0 Å². The molecule has 3 heterocycles. The number of imidazole rings is 1. The van der Waals surface area contributed by atoms with Crippen molar-refractivity contribution >= 4 is 22.1 Å². The van der Waals surface area contributed by atoms with Gasteiger partial charge in [-0.1, -0.05) is 44.2 Å². The van der Waals surface area contributed by atoms with Crippen molar-refractivity contribution in [1.29, 1.82) is 5.41 Å². The molecule has 2 aromatic carbocycles. The number of nitrogens with one attached hydrogen (secondary N) is 2. The summed E-state index contributed by atoms with van der Waals surface area (Å²) in [7, 11) is 0. The van der Waals surface area contributed by atoms with E-state index in [4.69, 9.17) is 10.4 Å². The zero-order valence-corrected chi connectivity index (χ0v) is 18.1. The fraction of sp³-hybridized carbons (Fsp3) is 0.208. The van der Waals surface area contributed by atoms with E-state index in [1.807, 2.05) is 54.0 Å². The predicted molar refractivity (Wildman–Crippen MR) is 123 cm³/mol. The lowest BCUT2D eigenvalue weighted by molar-refractivity contribution is 0.698. The van der Waals surface area contributed by atoms with Gasteiger partial charge in [-0.25, -0.2) is 15.0 Å². The van der Waals surface area contributed by atoms with Crippen LogP contribution in [-0.4, -0.2) is 29.1 Å². The van der Waals surface area contributed by atoms with Gasteiger partial charge in [0, 0.05) is 0 Å². The Morgan fingerprint density at radius 1 is 1.09 bits per heavy atom. The minimum atomic E-state index is -0.0971. The molecule has 8 nitrogen and oxygen atoms in total. The zero-order valence-electron chi connectivity index (χ0n) is 18.1. The van der Waals surface area contributed by atoms with Crippen molar-refractivity contribution in [2.45, 2.75) is 33.2 Å². The topological polar surface area (TPSA) is 105 Å². The molecule has 0 fully saturated rings. The summed E-state index contributed by atoms with van der Waals surface area (Å²) in [5.74, 6) is 0.809. The molecule has 8 heteroatoms. The number of para-hydroxylation sites is 1. The normalized spacial score (nSPS) is 11.6. The fourth-order valence-electron chi connectivity index (χ4n) is 4.17. The number of aryl methyl sites for hydroxylation is 1. The highest BCUT2D eigenvalue weighted by Gasteiger charge is 2.18. The van der Waals surface area contributed by atoms with Crippen LogP contribution in [-0.2, 0) is 6.54 Å². The summed E-state index contributed by atoms with van der Waals surface area (Å²) in [4.78, 5) is 30.2. The summed E-state index contributed by atoms with van der Waals surface area (Å²) in [5.41, 5.74) is 4.60. The van der Waals surface area contributed by atoms with E-state index < -0.39 is 0 Å². The number of aromatic amines is 1. The van der Waals surface area contributed by atoms with Gasteiger partial charge >= 0.3 is 0 Å². The predicted octanol–water partition coefficient (Wildman–Crippen LogP) is 3.42. The number of H-pyrrole nitrogens is 1. The highest BCUT2D eigenvalue weighted by Crippen LogP contribution is 2.24. The Balaban J connectivity index is 1.83. The Morgan fingerprint density at radius 2 is 1.91 bits per heavy atom. The minimum Gasteiger partial charge on any atom is -0.340 e. The van der Waals surface area contributed by atoms with Gasteiger partial charge < -0.3 is 9.55 Å². The van der Waals surface area contributed by atoms with Crippen LogP contribution in [0, 0.1) is 12.3 Å². The summed E-state index contributed by atoms with van der Waals surface area (Å²) in [6, 6.07) is 13.7. The summed E-state index contributed by atoms with van der Waals surface area (Å²) >= 11 is 0. The highest BCUT2D eigenvalue weighted by atomic mass is 16.1. The number of aromatic nitrogens is 6. The van der Waals surface area contributed by atoms with Gasteiger partial charge in [0.15, 0.2) is 11.1 Å². The van der Waals surface area contributed by atoms with E-state index in [0.29, 0.717) is 27.9 Å². The molecule has 2 N–H and O–H groups in total. The molecular formula is C24H23N7O. The molecule has 32 heavy (non-hydrogen) atoms. The van der Waals surface area contributed by atoms with Gasteiger partial charge in [0.1, 0.15) is 11.3 Å². The average molecular weight is 425 g/mol. The second-order valence-electron chi connectivity index (χ2n) is 8.17. The maximum absolute atomic E-state index is 13.8. The Labute approximate surface area is 183 Å². The van der Waals surface area contributed by atoms with Gasteiger partial charge in [-0.2, -0.15) is 0 Å². The fourth-order valence-corrected chi connectivity index (χ4v) is 4.17. The number of rotatable bonds is 4. The quantitative estimate of drug-likeness (QED) is 0.460. The molecule has 0 amide bonds. The van der Waals surface area contributed by atoms with Gasteiger partial charge in [-0.05, 0) is 36.1 Å². The molecule has 5 rings (SSSR count). The second-order valence-corrected chi connectivity index (χ2v) is 8.17. The molecule has 0 unspecified atom stereocenters. The number of hydrogen-bond acceptors (Lipinski definition) is 5. The first-order valence-electron chi connectivity index (χ1n) is 10.5. The van der Waals surface area contributed by atoms with Crippen molar-refractivity contribution in [2.75, 3.05) is 0 Å². The van der Waals surface area contributed by atoms with E-state index in [1.165, 1.54) is 0 Å². The summed E-state index contributed by atoms with van der Waals surface area (Å²) in [5, 5.41) is 8.62. The Kier molecular flexibility index (Phi) is 4.70. The molecule has 0 radical (unpaired) electrons. The molecule has 0 atom stereocenters. The molecule has 0 bridgehead atoms. The van der Waals surface area contributed by atoms with Gasteiger partial charge in [-0.3, -0.25) is 14.8 Å². The molecule has 0 aliphatic carbocycles. The van der Waals surface area contributed by atoms with Crippen molar-refractivity contribution in [3.63, 3.8) is 0 Å². The molecule has 3 aromatic heterocycles. The number of fused-ring (bicyclic) bond motifs is 2. The smallest absolute Gasteiger partial charge is 0.266 e. The van der Waals surface area contributed by atoms with Crippen LogP contribution in [0.3, 0.4) is 0 Å². The van der Waals surface area contributed by atoms with Gasteiger partial charge in [0.2, 0.25) is 0 Å². The van der Waals surface area contributed by atoms with Gasteiger partial charge in [0.05, 0.1) is 35.8 Å². The highest BCUT2D eigenvalue weighted by molar-refractivity contribution is 5.81. The SMILES string of the molecule is Cc1cccc2nc(Cn3cnc(=N)c4[nH]cnc43)n(-c3ccccc3C(C)C)c(=O)c12.